The average Bonchev–Trinajstić information content (AvgIpc) is 2.69. The monoisotopic (exact) mass is 372 g/mol. The fourth-order valence-corrected chi connectivity index (χ4v) is 2.96. The maximum absolute atomic E-state index is 12.7. The third kappa shape index (κ3) is 4.12. The largest absolute Gasteiger partial charge is 0.322 e. The van der Waals surface area contributed by atoms with Crippen molar-refractivity contribution in [3.8, 4) is 0 Å². The number of carbonyl (C=O) groups excluding carboxylic acids is 2. The minimum absolute atomic E-state index is 0.241. The van der Waals surface area contributed by atoms with Crippen LogP contribution in [0.4, 0.5) is 11.4 Å². The van der Waals surface area contributed by atoms with Gasteiger partial charge in [-0.3, -0.25) is 9.59 Å². The highest BCUT2D eigenvalue weighted by molar-refractivity contribution is 6.09. The summed E-state index contributed by atoms with van der Waals surface area (Å²) in [4.78, 5) is 25.3. The number of rotatable bonds is 4. The van der Waals surface area contributed by atoms with Crippen molar-refractivity contribution in [1.29, 1.82) is 0 Å². The Balaban J connectivity index is 1.79. The molecule has 0 aliphatic heterocycles. The molecule has 4 heteroatoms. The van der Waals surface area contributed by atoms with Crippen molar-refractivity contribution < 1.29 is 9.59 Å². The summed E-state index contributed by atoms with van der Waals surface area (Å²) in [6, 6.07) is 18.3. The van der Waals surface area contributed by atoms with Crippen LogP contribution in [0, 0.1) is 27.7 Å². The molecule has 0 saturated carbocycles. The first kappa shape index (κ1) is 19.4. The summed E-state index contributed by atoms with van der Waals surface area (Å²) in [5, 5.41) is 5.86. The van der Waals surface area contributed by atoms with Gasteiger partial charge in [0.2, 0.25) is 0 Å². The van der Waals surface area contributed by atoms with Crippen LogP contribution in [0.5, 0.6) is 0 Å². The fourth-order valence-electron chi connectivity index (χ4n) is 2.96. The highest BCUT2D eigenvalue weighted by Gasteiger charge is 2.13. The SMILES string of the molecule is Cc1cccc(NC(=O)c2cccc(C(=O)Nc3cccc(C)c3C)c2)c1C. The van der Waals surface area contributed by atoms with Gasteiger partial charge in [0.05, 0.1) is 0 Å². The number of carbonyl (C=O) groups is 2. The highest BCUT2D eigenvalue weighted by Crippen LogP contribution is 2.21. The Bertz CT molecular complexity index is 973. The number of benzene rings is 3. The summed E-state index contributed by atoms with van der Waals surface area (Å²) < 4.78 is 0. The lowest BCUT2D eigenvalue weighted by Crippen LogP contribution is -2.16. The van der Waals surface area contributed by atoms with Crippen molar-refractivity contribution in [2.24, 2.45) is 0 Å². The van der Waals surface area contributed by atoms with E-state index < -0.39 is 0 Å². The summed E-state index contributed by atoms with van der Waals surface area (Å²) >= 11 is 0. The van der Waals surface area contributed by atoms with Crippen molar-refractivity contribution in [2.45, 2.75) is 27.7 Å². The van der Waals surface area contributed by atoms with Gasteiger partial charge in [0.1, 0.15) is 0 Å². The Labute approximate surface area is 165 Å². The standard InChI is InChI=1S/C24H24N2O2/c1-15-8-5-12-21(17(15)3)25-23(27)19-10-7-11-20(14-19)24(28)26-22-13-6-9-16(2)18(22)4/h5-14H,1-4H3,(H,25,27)(H,26,28). The Morgan fingerprint density at radius 1 is 0.607 bits per heavy atom. The van der Waals surface area contributed by atoms with Crippen molar-refractivity contribution in [3.63, 3.8) is 0 Å². The topological polar surface area (TPSA) is 58.2 Å². The van der Waals surface area contributed by atoms with Crippen molar-refractivity contribution in [1.82, 2.24) is 0 Å². The van der Waals surface area contributed by atoms with Gasteiger partial charge >= 0.3 is 0 Å². The average molecular weight is 372 g/mol. The predicted molar refractivity (Wildman–Crippen MR) is 114 cm³/mol. The van der Waals surface area contributed by atoms with Crippen LogP contribution in [0.2, 0.25) is 0 Å². The fraction of sp³-hybridized carbons (Fsp3) is 0.167. The molecular weight excluding hydrogens is 348 g/mol. The van der Waals surface area contributed by atoms with Crippen LogP contribution in [0.3, 0.4) is 0 Å². The zero-order chi connectivity index (χ0) is 20.3. The molecule has 0 aliphatic rings. The molecule has 0 fully saturated rings. The molecule has 2 N–H and O–H groups in total. The van der Waals surface area contributed by atoms with Gasteiger partial charge in [-0.25, -0.2) is 0 Å². The van der Waals surface area contributed by atoms with E-state index in [1.54, 1.807) is 24.3 Å². The third-order valence-corrected chi connectivity index (χ3v) is 5.09. The van der Waals surface area contributed by atoms with Crippen molar-refractivity contribution in [3.05, 3.63) is 94.0 Å². The van der Waals surface area contributed by atoms with E-state index in [2.05, 4.69) is 10.6 Å². The zero-order valence-electron chi connectivity index (χ0n) is 16.6. The van der Waals surface area contributed by atoms with Crippen LogP contribution in [-0.4, -0.2) is 11.8 Å². The molecule has 3 aromatic carbocycles. The zero-order valence-corrected chi connectivity index (χ0v) is 16.6. The Morgan fingerprint density at radius 3 is 1.43 bits per heavy atom. The molecule has 0 atom stereocenters. The first-order chi connectivity index (χ1) is 13.4. The van der Waals surface area contributed by atoms with Crippen LogP contribution >= 0.6 is 0 Å². The highest BCUT2D eigenvalue weighted by atomic mass is 16.2. The molecule has 0 spiro atoms. The molecule has 3 aromatic rings. The van der Waals surface area contributed by atoms with Crippen LogP contribution in [-0.2, 0) is 0 Å². The van der Waals surface area contributed by atoms with E-state index in [4.69, 9.17) is 0 Å². The van der Waals surface area contributed by atoms with Gasteiger partial charge < -0.3 is 10.6 Å². The molecule has 0 radical (unpaired) electrons. The van der Waals surface area contributed by atoms with E-state index in [-0.39, 0.29) is 11.8 Å². The van der Waals surface area contributed by atoms with Gasteiger partial charge in [0.15, 0.2) is 0 Å². The quantitative estimate of drug-likeness (QED) is 0.642. The van der Waals surface area contributed by atoms with Gasteiger partial charge in [-0.2, -0.15) is 0 Å². The molecule has 2 amide bonds. The first-order valence-corrected chi connectivity index (χ1v) is 9.22. The number of hydrogen-bond donors (Lipinski definition) is 2. The third-order valence-electron chi connectivity index (χ3n) is 5.09. The molecule has 0 aliphatic carbocycles. The Kier molecular flexibility index (Phi) is 5.59. The van der Waals surface area contributed by atoms with Crippen molar-refractivity contribution >= 4 is 23.2 Å². The number of hydrogen-bond acceptors (Lipinski definition) is 2. The molecule has 0 bridgehead atoms. The molecular formula is C24H24N2O2. The predicted octanol–water partition coefficient (Wildman–Crippen LogP) is 5.42. The van der Waals surface area contributed by atoms with E-state index >= 15 is 0 Å². The number of nitrogens with one attached hydrogen (secondary N) is 2. The maximum atomic E-state index is 12.7. The van der Waals surface area contributed by atoms with E-state index in [1.807, 2.05) is 64.1 Å². The van der Waals surface area contributed by atoms with E-state index in [1.165, 1.54) is 0 Å². The Morgan fingerprint density at radius 2 is 1.00 bits per heavy atom. The lowest BCUT2D eigenvalue weighted by Gasteiger charge is -2.12. The number of anilines is 2. The van der Waals surface area contributed by atoms with Gasteiger partial charge in [-0.1, -0.05) is 30.3 Å². The van der Waals surface area contributed by atoms with Crippen LogP contribution in [0.15, 0.2) is 60.7 Å². The van der Waals surface area contributed by atoms with Crippen LogP contribution < -0.4 is 10.6 Å². The molecule has 4 nitrogen and oxygen atoms in total. The molecule has 0 unspecified atom stereocenters. The normalized spacial score (nSPS) is 10.4. The lowest BCUT2D eigenvalue weighted by molar-refractivity contribution is 0.102. The van der Waals surface area contributed by atoms with Gasteiger partial charge in [-0.05, 0) is 80.3 Å². The molecule has 142 valence electrons. The molecule has 28 heavy (non-hydrogen) atoms. The second-order valence-corrected chi connectivity index (χ2v) is 6.98. The molecule has 0 saturated heterocycles. The summed E-state index contributed by atoms with van der Waals surface area (Å²) in [5.41, 5.74) is 6.70. The minimum Gasteiger partial charge on any atom is -0.322 e. The van der Waals surface area contributed by atoms with E-state index in [9.17, 15) is 9.59 Å². The number of aryl methyl sites for hydroxylation is 2. The summed E-state index contributed by atoms with van der Waals surface area (Å²) in [7, 11) is 0. The summed E-state index contributed by atoms with van der Waals surface area (Å²) in [6.07, 6.45) is 0. The second kappa shape index (κ2) is 8.09. The molecule has 0 aromatic heterocycles. The molecule has 0 heterocycles. The Hall–Kier alpha value is -3.40. The summed E-state index contributed by atoms with van der Waals surface area (Å²) in [5.74, 6) is -0.481. The van der Waals surface area contributed by atoms with Gasteiger partial charge in [0.25, 0.3) is 11.8 Å². The van der Waals surface area contributed by atoms with Gasteiger partial charge in [-0.15, -0.1) is 0 Å². The van der Waals surface area contributed by atoms with Gasteiger partial charge in [0, 0.05) is 22.5 Å². The number of amides is 2. The van der Waals surface area contributed by atoms with E-state index in [0.29, 0.717) is 11.1 Å². The maximum Gasteiger partial charge on any atom is 0.255 e. The second-order valence-electron chi connectivity index (χ2n) is 6.98. The van der Waals surface area contributed by atoms with E-state index in [0.717, 1.165) is 33.6 Å². The smallest absolute Gasteiger partial charge is 0.255 e. The first-order valence-electron chi connectivity index (χ1n) is 9.22. The van der Waals surface area contributed by atoms with Crippen LogP contribution in [0.1, 0.15) is 43.0 Å². The minimum atomic E-state index is -0.241. The van der Waals surface area contributed by atoms with Crippen LogP contribution in [0.25, 0.3) is 0 Å². The lowest BCUT2D eigenvalue weighted by atomic mass is 10.1. The van der Waals surface area contributed by atoms with Crippen molar-refractivity contribution in [2.75, 3.05) is 10.6 Å². The molecule has 3 rings (SSSR count). The summed E-state index contributed by atoms with van der Waals surface area (Å²) in [6.45, 7) is 7.95.